The minimum atomic E-state index is -4.53. The molecule has 3 aromatic rings. The van der Waals surface area contributed by atoms with Gasteiger partial charge in [-0.05, 0) is 35.6 Å². The van der Waals surface area contributed by atoms with Crippen LogP contribution < -0.4 is 10.9 Å². The molecule has 0 saturated carbocycles. The second-order valence-electron chi connectivity index (χ2n) is 6.53. The normalized spacial score (nSPS) is 17.3. The summed E-state index contributed by atoms with van der Waals surface area (Å²) in [5.41, 5.74) is -0.541. The molecule has 1 fully saturated rings. The van der Waals surface area contributed by atoms with Crippen molar-refractivity contribution < 1.29 is 18.0 Å². The van der Waals surface area contributed by atoms with Gasteiger partial charge in [0.05, 0.1) is 11.5 Å². The van der Waals surface area contributed by atoms with E-state index in [2.05, 4.69) is 10.3 Å². The van der Waals surface area contributed by atoms with E-state index in [0.717, 1.165) is 11.6 Å². The number of benzene rings is 2. The zero-order valence-electron chi connectivity index (χ0n) is 14.1. The highest BCUT2D eigenvalue weighted by Crippen LogP contribution is 2.36. The van der Waals surface area contributed by atoms with Crippen LogP contribution in [0.25, 0.3) is 22.0 Å². The van der Waals surface area contributed by atoms with E-state index in [1.165, 1.54) is 24.3 Å². The van der Waals surface area contributed by atoms with E-state index in [0.29, 0.717) is 23.7 Å². The van der Waals surface area contributed by atoms with Crippen molar-refractivity contribution in [3.8, 4) is 11.3 Å². The number of hydrogen-bond acceptors (Lipinski definition) is 2. The Labute approximate surface area is 152 Å². The van der Waals surface area contributed by atoms with Gasteiger partial charge in [0.25, 0.3) is 5.56 Å². The van der Waals surface area contributed by atoms with Crippen LogP contribution in [0.2, 0.25) is 0 Å². The highest BCUT2D eigenvalue weighted by molar-refractivity contribution is 5.90. The molecule has 0 spiro atoms. The van der Waals surface area contributed by atoms with Crippen LogP contribution in [0.5, 0.6) is 0 Å². The van der Waals surface area contributed by atoms with Gasteiger partial charge in [0.2, 0.25) is 5.91 Å². The maximum absolute atomic E-state index is 13.3. The molecule has 0 radical (unpaired) electrons. The van der Waals surface area contributed by atoms with Crippen molar-refractivity contribution >= 4 is 16.7 Å². The van der Waals surface area contributed by atoms with Gasteiger partial charge in [-0.1, -0.05) is 30.3 Å². The van der Waals surface area contributed by atoms with E-state index in [4.69, 9.17) is 0 Å². The first-order chi connectivity index (χ1) is 12.8. The second kappa shape index (κ2) is 6.26. The van der Waals surface area contributed by atoms with Crippen LogP contribution in [0.15, 0.2) is 53.3 Å². The molecule has 27 heavy (non-hydrogen) atoms. The molecule has 0 bridgehead atoms. The molecule has 1 aliphatic heterocycles. The first kappa shape index (κ1) is 17.3. The van der Waals surface area contributed by atoms with Crippen LogP contribution in [0, 0.1) is 0 Å². The van der Waals surface area contributed by atoms with Crippen LogP contribution in [-0.2, 0) is 11.0 Å². The third-order valence-corrected chi connectivity index (χ3v) is 4.84. The van der Waals surface area contributed by atoms with E-state index < -0.39 is 17.3 Å². The van der Waals surface area contributed by atoms with Crippen LogP contribution in [0.1, 0.15) is 23.5 Å². The molecule has 2 heterocycles. The highest BCUT2D eigenvalue weighted by atomic mass is 19.4. The number of fused-ring (bicyclic) bond motifs is 1. The van der Waals surface area contributed by atoms with Gasteiger partial charge >= 0.3 is 6.18 Å². The van der Waals surface area contributed by atoms with Crippen molar-refractivity contribution in [2.24, 2.45) is 0 Å². The zero-order valence-corrected chi connectivity index (χ0v) is 14.1. The van der Waals surface area contributed by atoms with Gasteiger partial charge in [0, 0.05) is 23.2 Å². The fourth-order valence-corrected chi connectivity index (χ4v) is 3.52. The number of nitrogens with one attached hydrogen (secondary N) is 2. The van der Waals surface area contributed by atoms with Crippen molar-refractivity contribution in [1.29, 1.82) is 0 Å². The average Bonchev–Trinajstić information content (AvgIpc) is 3.07. The van der Waals surface area contributed by atoms with E-state index in [9.17, 15) is 22.8 Å². The van der Waals surface area contributed by atoms with E-state index in [1.807, 2.05) is 0 Å². The summed E-state index contributed by atoms with van der Waals surface area (Å²) >= 11 is 0. The summed E-state index contributed by atoms with van der Waals surface area (Å²) in [4.78, 5) is 27.0. The monoisotopic (exact) mass is 372 g/mol. The topological polar surface area (TPSA) is 62.0 Å². The summed E-state index contributed by atoms with van der Waals surface area (Å²) in [6, 6.07) is 11.7. The number of rotatable bonds is 2. The highest BCUT2D eigenvalue weighted by Gasteiger charge is 2.33. The number of aromatic amines is 1. The van der Waals surface area contributed by atoms with Gasteiger partial charge in [-0.2, -0.15) is 13.2 Å². The zero-order chi connectivity index (χ0) is 19.2. The Bertz CT molecular complexity index is 1100. The third-order valence-electron chi connectivity index (χ3n) is 4.84. The molecule has 1 saturated heterocycles. The minimum absolute atomic E-state index is 0.0803. The quantitative estimate of drug-likeness (QED) is 0.718. The Morgan fingerprint density at radius 3 is 2.48 bits per heavy atom. The smallest absolute Gasteiger partial charge is 0.356 e. The average molecular weight is 372 g/mol. The fourth-order valence-electron chi connectivity index (χ4n) is 3.52. The summed E-state index contributed by atoms with van der Waals surface area (Å²) in [6.45, 7) is 0.588. The number of carbonyl (C=O) groups excluding carboxylic acids is 1. The van der Waals surface area contributed by atoms with Crippen molar-refractivity contribution in [2.75, 3.05) is 6.54 Å². The third kappa shape index (κ3) is 3.09. The summed E-state index contributed by atoms with van der Waals surface area (Å²) in [5.74, 6) is -0.388. The lowest BCUT2D eigenvalue weighted by Gasteiger charge is -2.13. The van der Waals surface area contributed by atoms with Gasteiger partial charge < -0.3 is 10.3 Å². The Kier molecular flexibility index (Phi) is 4.02. The van der Waals surface area contributed by atoms with Gasteiger partial charge in [0.15, 0.2) is 0 Å². The van der Waals surface area contributed by atoms with E-state index in [-0.39, 0.29) is 23.1 Å². The molecule has 1 aromatic heterocycles. The molecule has 1 atom stereocenters. The standard InChI is InChI=1S/C20H15F3N2O2/c21-20(22,23)16-4-2-1-3-14(16)17-10-12-6-5-11(9-15(12)19(27)25-17)13-7-8-24-18(13)26/h1-6,9-10,13H,7-8H2,(H,24,26)(H,25,27). The number of hydrogen-bond donors (Lipinski definition) is 2. The lowest BCUT2D eigenvalue weighted by Crippen LogP contribution is -2.18. The summed E-state index contributed by atoms with van der Waals surface area (Å²) in [5, 5.41) is 3.62. The maximum atomic E-state index is 13.3. The van der Waals surface area contributed by atoms with Crippen LogP contribution in [0.3, 0.4) is 0 Å². The van der Waals surface area contributed by atoms with Crippen molar-refractivity contribution in [3.63, 3.8) is 0 Å². The van der Waals surface area contributed by atoms with Gasteiger partial charge in [-0.3, -0.25) is 9.59 Å². The molecule has 4 rings (SSSR count). The molecule has 0 aliphatic carbocycles. The van der Waals surface area contributed by atoms with Crippen LogP contribution >= 0.6 is 0 Å². The fraction of sp³-hybridized carbons (Fsp3) is 0.200. The molecule has 138 valence electrons. The van der Waals surface area contributed by atoms with Crippen LogP contribution in [0.4, 0.5) is 13.2 Å². The molecule has 1 aliphatic rings. The first-order valence-corrected chi connectivity index (χ1v) is 8.46. The number of alkyl halides is 3. The largest absolute Gasteiger partial charge is 0.417 e. The van der Waals surface area contributed by atoms with E-state index in [1.54, 1.807) is 18.2 Å². The molecule has 1 amide bonds. The van der Waals surface area contributed by atoms with E-state index >= 15 is 0 Å². The molecule has 2 N–H and O–H groups in total. The lowest BCUT2D eigenvalue weighted by molar-refractivity contribution is -0.137. The van der Waals surface area contributed by atoms with Gasteiger partial charge in [0.1, 0.15) is 0 Å². The Balaban J connectivity index is 1.85. The summed E-state index contributed by atoms with van der Waals surface area (Å²) < 4.78 is 39.8. The second-order valence-corrected chi connectivity index (χ2v) is 6.53. The Hall–Kier alpha value is -3.09. The van der Waals surface area contributed by atoms with Gasteiger partial charge in [-0.25, -0.2) is 0 Å². The molecular weight excluding hydrogens is 357 g/mol. The number of halogens is 3. The number of H-pyrrole nitrogens is 1. The SMILES string of the molecule is O=C1NCCC1c1ccc2cc(-c3ccccc3C(F)(F)F)[nH]c(=O)c2c1. The number of amides is 1. The predicted octanol–water partition coefficient (Wildman–Crippen LogP) is 3.82. The van der Waals surface area contributed by atoms with Crippen molar-refractivity contribution in [2.45, 2.75) is 18.5 Å². The number of aromatic nitrogens is 1. The number of pyridine rings is 1. The summed E-state index contributed by atoms with van der Waals surface area (Å²) in [7, 11) is 0. The molecular formula is C20H15F3N2O2. The Morgan fingerprint density at radius 1 is 1.00 bits per heavy atom. The number of carbonyl (C=O) groups is 1. The lowest BCUT2D eigenvalue weighted by atomic mass is 9.95. The molecule has 4 nitrogen and oxygen atoms in total. The first-order valence-electron chi connectivity index (χ1n) is 8.46. The summed E-state index contributed by atoms with van der Waals surface area (Å²) in [6.07, 6.45) is -3.87. The van der Waals surface area contributed by atoms with Crippen molar-refractivity contribution in [1.82, 2.24) is 10.3 Å². The maximum Gasteiger partial charge on any atom is 0.417 e. The minimum Gasteiger partial charge on any atom is -0.356 e. The van der Waals surface area contributed by atoms with Crippen molar-refractivity contribution in [3.05, 3.63) is 70.0 Å². The van der Waals surface area contributed by atoms with Crippen LogP contribution in [-0.4, -0.2) is 17.4 Å². The predicted molar refractivity (Wildman–Crippen MR) is 95.4 cm³/mol. The molecule has 2 aromatic carbocycles. The van der Waals surface area contributed by atoms with Gasteiger partial charge in [-0.15, -0.1) is 0 Å². The molecule has 7 heteroatoms. The molecule has 1 unspecified atom stereocenters. The Morgan fingerprint density at radius 2 is 1.78 bits per heavy atom.